The lowest BCUT2D eigenvalue weighted by Gasteiger charge is -2.13. The van der Waals surface area contributed by atoms with E-state index in [2.05, 4.69) is 11.2 Å². The van der Waals surface area contributed by atoms with E-state index in [0.717, 1.165) is 5.56 Å². The number of carbonyl (C=O) groups is 1. The maximum atomic E-state index is 14.3. The molecule has 0 aliphatic carbocycles. The van der Waals surface area contributed by atoms with Crippen molar-refractivity contribution in [1.82, 2.24) is 5.32 Å². The number of benzene rings is 2. The summed E-state index contributed by atoms with van der Waals surface area (Å²) in [5, 5.41) is 3.17. The van der Waals surface area contributed by atoms with Crippen LogP contribution in [0, 0.1) is 12.3 Å². The van der Waals surface area contributed by atoms with E-state index in [1.165, 1.54) is 7.11 Å². The monoisotopic (exact) mass is 375 g/mol. The summed E-state index contributed by atoms with van der Waals surface area (Å²) in [7, 11) is 1.48. The van der Waals surface area contributed by atoms with Gasteiger partial charge in [0, 0.05) is 18.0 Å². The maximum absolute atomic E-state index is 14.3. The highest BCUT2D eigenvalue weighted by Crippen LogP contribution is 2.28. The fraction of sp³-hybridized carbons (Fsp3) is 0.250. The Labute approximate surface area is 157 Å². The topological polar surface area (TPSA) is 47.6 Å². The van der Waals surface area contributed by atoms with Crippen LogP contribution in [0.2, 0.25) is 5.02 Å². The Morgan fingerprint density at radius 1 is 1.23 bits per heavy atom. The van der Waals surface area contributed by atoms with Crippen LogP contribution in [0.25, 0.3) is 0 Å². The molecule has 4 nitrogen and oxygen atoms in total. The van der Waals surface area contributed by atoms with Gasteiger partial charge in [0.2, 0.25) is 0 Å². The lowest BCUT2D eigenvalue weighted by atomic mass is 10.1. The van der Waals surface area contributed by atoms with Crippen LogP contribution in [0.15, 0.2) is 42.5 Å². The van der Waals surface area contributed by atoms with Crippen molar-refractivity contribution in [3.8, 4) is 23.8 Å². The molecule has 1 unspecified atom stereocenters. The van der Waals surface area contributed by atoms with E-state index in [4.69, 9.17) is 27.5 Å². The van der Waals surface area contributed by atoms with Crippen LogP contribution in [0.3, 0.4) is 0 Å². The van der Waals surface area contributed by atoms with Gasteiger partial charge in [-0.25, -0.2) is 4.39 Å². The van der Waals surface area contributed by atoms with Crippen LogP contribution in [-0.2, 0) is 17.8 Å². The van der Waals surface area contributed by atoms with E-state index in [1.807, 2.05) is 0 Å². The zero-order chi connectivity index (χ0) is 18.9. The summed E-state index contributed by atoms with van der Waals surface area (Å²) in [6.07, 6.45) is 3.41. The van der Waals surface area contributed by atoms with Crippen LogP contribution in [0.4, 0.5) is 4.39 Å². The first-order valence-corrected chi connectivity index (χ1v) is 8.30. The third kappa shape index (κ3) is 5.68. The van der Waals surface area contributed by atoms with Crippen LogP contribution in [-0.4, -0.2) is 25.8 Å². The van der Waals surface area contributed by atoms with Gasteiger partial charge < -0.3 is 14.8 Å². The van der Waals surface area contributed by atoms with Gasteiger partial charge in [-0.05, 0) is 35.4 Å². The van der Waals surface area contributed by atoms with Gasteiger partial charge >= 0.3 is 0 Å². The normalized spacial score (nSPS) is 11.3. The number of hydrogen-bond acceptors (Lipinski definition) is 3. The van der Waals surface area contributed by atoms with Gasteiger partial charge in [0.1, 0.15) is 6.61 Å². The Morgan fingerprint density at radius 3 is 2.58 bits per heavy atom. The first kappa shape index (κ1) is 19.6. The lowest BCUT2D eigenvalue weighted by molar-refractivity contribution is -0.126. The minimum Gasteiger partial charge on any atom is -0.493 e. The first-order valence-electron chi connectivity index (χ1n) is 7.93. The molecule has 0 aliphatic heterocycles. The van der Waals surface area contributed by atoms with Crippen molar-refractivity contribution >= 4 is 17.5 Å². The zero-order valence-corrected chi connectivity index (χ0v) is 15.1. The molecule has 2 aromatic rings. The number of rotatable bonds is 8. The highest BCUT2D eigenvalue weighted by molar-refractivity contribution is 6.30. The molecule has 2 rings (SSSR count). The minimum absolute atomic E-state index is 0.0712. The molecule has 6 heteroatoms. The molecule has 26 heavy (non-hydrogen) atoms. The molecule has 0 bridgehead atoms. The minimum atomic E-state index is -1.68. The van der Waals surface area contributed by atoms with Crippen molar-refractivity contribution in [2.75, 3.05) is 13.7 Å². The van der Waals surface area contributed by atoms with Crippen LogP contribution in [0.5, 0.6) is 11.5 Å². The van der Waals surface area contributed by atoms with Crippen molar-refractivity contribution in [1.29, 1.82) is 0 Å². The fourth-order valence-electron chi connectivity index (χ4n) is 2.28. The van der Waals surface area contributed by atoms with Crippen LogP contribution >= 0.6 is 11.6 Å². The second-order valence-corrected chi connectivity index (χ2v) is 5.93. The van der Waals surface area contributed by atoms with Gasteiger partial charge in [0.05, 0.1) is 7.11 Å². The number of hydrogen-bond donors (Lipinski definition) is 1. The second kappa shape index (κ2) is 9.69. The summed E-state index contributed by atoms with van der Waals surface area (Å²) in [5.41, 5.74) is 1.45. The molecule has 0 aliphatic rings. The number of methoxy groups -OCH3 is 1. The van der Waals surface area contributed by atoms with Gasteiger partial charge in [0.25, 0.3) is 5.91 Å². The largest absolute Gasteiger partial charge is 0.493 e. The fourth-order valence-corrected chi connectivity index (χ4v) is 2.41. The second-order valence-electron chi connectivity index (χ2n) is 5.49. The Bertz CT molecular complexity index is 787. The summed E-state index contributed by atoms with van der Waals surface area (Å²) < 4.78 is 24.8. The van der Waals surface area contributed by atoms with Crippen LogP contribution in [0.1, 0.15) is 11.1 Å². The molecule has 0 saturated carbocycles. The molecular weight excluding hydrogens is 357 g/mol. The van der Waals surface area contributed by atoms with Gasteiger partial charge in [0.15, 0.2) is 17.7 Å². The van der Waals surface area contributed by atoms with Crippen molar-refractivity contribution in [2.24, 2.45) is 0 Å². The van der Waals surface area contributed by atoms with Crippen molar-refractivity contribution in [3.05, 3.63) is 58.6 Å². The number of carbonyl (C=O) groups excluding carboxylic acids is 1. The maximum Gasteiger partial charge on any atom is 0.255 e. The molecule has 0 saturated heterocycles. The smallest absolute Gasteiger partial charge is 0.255 e. The summed E-state index contributed by atoms with van der Waals surface area (Å²) in [4.78, 5) is 12.0. The van der Waals surface area contributed by atoms with Crippen LogP contribution < -0.4 is 14.8 Å². The first-order chi connectivity index (χ1) is 12.5. The summed E-state index contributed by atoms with van der Waals surface area (Å²) in [6, 6.07) is 11.9. The summed E-state index contributed by atoms with van der Waals surface area (Å²) >= 11 is 5.80. The van der Waals surface area contributed by atoms with E-state index in [0.29, 0.717) is 22.1 Å². The van der Waals surface area contributed by atoms with Gasteiger partial charge in [-0.3, -0.25) is 4.79 Å². The number of amides is 1. The molecule has 2 aromatic carbocycles. The molecule has 0 spiro atoms. The highest BCUT2D eigenvalue weighted by Gasteiger charge is 2.18. The number of nitrogens with one attached hydrogen (secondary N) is 1. The van der Waals surface area contributed by atoms with E-state index in [1.54, 1.807) is 42.5 Å². The average Bonchev–Trinajstić information content (AvgIpc) is 2.66. The van der Waals surface area contributed by atoms with E-state index in [9.17, 15) is 9.18 Å². The van der Waals surface area contributed by atoms with E-state index >= 15 is 0 Å². The third-order valence-electron chi connectivity index (χ3n) is 3.62. The molecular formula is C20H19ClFNO3. The van der Waals surface area contributed by atoms with E-state index in [-0.39, 0.29) is 19.6 Å². The number of terminal acetylenes is 1. The van der Waals surface area contributed by atoms with Crippen molar-refractivity contribution < 1.29 is 18.7 Å². The molecule has 0 heterocycles. The molecule has 1 atom stereocenters. The molecule has 0 aromatic heterocycles. The molecule has 0 fully saturated rings. The standard InChI is InChI=1S/C20H19ClFNO3/c1-3-10-26-18-9-6-15(12-19(18)25-2)11-17(22)20(24)23-13-14-4-7-16(21)8-5-14/h1,4-9,12,17H,10-11,13H2,2H3,(H,23,24). The van der Waals surface area contributed by atoms with Gasteiger partial charge in [-0.1, -0.05) is 35.7 Å². The molecule has 1 amide bonds. The Balaban J connectivity index is 1.93. The number of ether oxygens (including phenoxy) is 2. The molecule has 0 radical (unpaired) electrons. The predicted molar refractivity (Wildman–Crippen MR) is 99.2 cm³/mol. The van der Waals surface area contributed by atoms with Crippen molar-refractivity contribution in [3.63, 3.8) is 0 Å². The van der Waals surface area contributed by atoms with E-state index < -0.39 is 12.1 Å². The SMILES string of the molecule is C#CCOc1ccc(CC(F)C(=O)NCc2ccc(Cl)cc2)cc1OC. The highest BCUT2D eigenvalue weighted by atomic mass is 35.5. The number of alkyl halides is 1. The summed E-state index contributed by atoms with van der Waals surface area (Å²) in [6.45, 7) is 0.340. The average molecular weight is 376 g/mol. The van der Waals surface area contributed by atoms with Crippen molar-refractivity contribution in [2.45, 2.75) is 19.1 Å². The van der Waals surface area contributed by atoms with Gasteiger partial charge in [-0.2, -0.15) is 0 Å². The molecule has 136 valence electrons. The quantitative estimate of drug-likeness (QED) is 0.718. The number of halogens is 2. The Morgan fingerprint density at radius 2 is 1.92 bits per heavy atom. The zero-order valence-electron chi connectivity index (χ0n) is 14.3. The third-order valence-corrected chi connectivity index (χ3v) is 3.87. The Hall–Kier alpha value is -2.71. The molecule has 1 N–H and O–H groups in total. The van der Waals surface area contributed by atoms with Gasteiger partial charge in [-0.15, -0.1) is 6.42 Å². The predicted octanol–water partition coefficient (Wildman–Crippen LogP) is 3.56. The Kier molecular flexibility index (Phi) is 7.31. The lowest BCUT2D eigenvalue weighted by Crippen LogP contribution is -2.32. The summed E-state index contributed by atoms with van der Waals surface area (Å²) in [5.74, 6) is 2.59.